The van der Waals surface area contributed by atoms with Crippen molar-refractivity contribution in [2.75, 3.05) is 0 Å². The molecule has 31 heavy (non-hydrogen) atoms. The quantitative estimate of drug-likeness (QED) is 0.520. The number of aliphatic hydroxyl groups is 2. The van der Waals surface area contributed by atoms with E-state index in [9.17, 15) is 15.0 Å². The zero-order chi connectivity index (χ0) is 23.4. The summed E-state index contributed by atoms with van der Waals surface area (Å²) < 4.78 is 12.4. The van der Waals surface area contributed by atoms with Crippen LogP contribution in [0.3, 0.4) is 0 Å². The number of benzene rings is 1. The molecule has 1 fully saturated rings. The van der Waals surface area contributed by atoms with E-state index < -0.39 is 17.3 Å². The summed E-state index contributed by atoms with van der Waals surface area (Å²) in [6.45, 7) is 16.3. The van der Waals surface area contributed by atoms with Crippen molar-refractivity contribution in [1.29, 1.82) is 0 Å². The predicted molar refractivity (Wildman–Crippen MR) is 122 cm³/mol. The van der Waals surface area contributed by atoms with Crippen molar-refractivity contribution in [2.45, 2.75) is 122 Å². The molecule has 0 amide bonds. The molecule has 1 aliphatic heterocycles. The molecule has 2 N–H and O–H groups in total. The van der Waals surface area contributed by atoms with Crippen LogP contribution in [0.25, 0.3) is 0 Å². The fraction of sp³-hybridized carbons (Fsp3) is 0.731. The molecule has 3 rings (SSSR count). The van der Waals surface area contributed by atoms with Gasteiger partial charge in [0.05, 0.1) is 11.7 Å². The average Bonchev–Trinajstić information content (AvgIpc) is 3.09. The van der Waals surface area contributed by atoms with E-state index in [0.29, 0.717) is 44.3 Å². The first-order chi connectivity index (χ1) is 14.0. The highest BCUT2D eigenvalue weighted by molar-refractivity contribution is 5.72. The van der Waals surface area contributed by atoms with Crippen LogP contribution in [0.15, 0.2) is 6.07 Å². The molecular weight excluding hydrogens is 392 g/mol. The predicted octanol–water partition coefficient (Wildman–Crippen LogP) is 4.96. The molecule has 5 nitrogen and oxygen atoms in total. The topological polar surface area (TPSA) is 76.0 Å². The lowest BCUT2D eigenvalue weighted by Crippen LogP contribution is -2.35. The lowest BCUT2D eigenvalue weighted by atomic mass is 9.75. The molecule has 5 heteroatoms. The van der Waals surface area contributed by atoms with Gasteiger partial charge >= 0.3 is 5.97 Å². The van der Waals surface area contributed by atoms with Crippen LogP contribution in [-0.2, 0) is 22.0 Å². The van der Waals surface area contributed by atoms with Crippen LogP contribution in [0.5, 0.6) is 11.5 Å². The van der Waals surface area contributed by atoms with Crippen molar-refractivity contribution >= 4 is 5.97 Å². The van der Waals surface area contributed by atoms with Gasteiger partial charge in [-0.25, -0.2) is 0 Å². The zero-order valence-corrected chi connectivity index (χ0v) is 20.5. The molecule has 2 aliphatic rings. The van der Waals surface area contributed by atoms with E-state index in [4.69, 9.17) is 9.47 Å². The van der Waals surface area contributed by atoms with Crippen LogP contribution in [-0.4, -0.2) is 33.5 Å². The highest BCUT2D eigenvalue weighted by Crippen LogP contribution is 2.51. The number of aliphatic hydroxyl groups excluding tert-OH is 1. The van der Waals surface area contributed by atoms with Crippen molar-refractivity contribution in [2.24, 2.45) is 0 Å². The Kier molecular flexibility index (Phi) is 6.03. The summed E-state index contributed by atoms with van der Waals surface area (Å²) in [5.41, 5.74) is 1.37. The summed E-state index contributed by atoms with van der Waals surface area (Å²) in [7, 11) is 0. The number of carbonyl (C=O) groups excluding carboxylic acids is 1. The van der Waals surface area contributed by atoms with Crippen molar-refractivity contribution in [3.8, 4) is 11.5 Å². The molecule has 0 saturated heterocycles. The minimum atomic E-state index is -0.813. The van der Waals surface area contributed by atoms with Gasteiger partial charge in [-0.15, -0.1) is 0 Å². The van der Waals surface area contributed by atoms with E-state index in [2.05, 4.69) is 48.5 Å². The molecule has 1 heterocycles. The molecule has 3 atom stereocenters. The Morgan fingerprint density at radius 3 is 2.32 bits per heavy atom. The number of ether oxygens (including phenoxy) is 2. The summed E-state index contributed by atoms with van der Waals surface area (Å²) in [6, 6.07) is 2.04. The van der Waals surface area contributed by atoms with Gasteiger partial charge in [0.15, 0.2) is 0 Å². The molecule has 3 unspecified atom stereocenters. The molecule has 1 aliphatic carbocycles. The average molecular weight is 433 g/mol. The summed E-state index contributed by atoms with van der Waals surface area (Å²) in [6.07, 6.45) is 3.32. The summed E-state index contributed by atoms with van der Waals surface area (Å²) >= 11 is 0. The van der Waals surface area contributed by atoms with Crippen LogP contribution in [0.1, 0.15) is 104 Å². The van der Waals surface area contributed by atoms with Crippen LogP contribution in [0, 0.1) is 0 Å². The fourth-order valence-corrected chi connectivity index (χ4v) is 5.16. The SMILES string of the molecule is CC(=O)Oc1c(C(C)(C)C)cc2c(c1C(C)(C)C)CC(C)(CCC1(O)CCC(O)C1)O2. The van der Waals surface area contributed by atoms with E-state index in [1.54, 1.807) is 0 Å². The summed E-state index contributed by atoms with van der Waals surface area (Å²) in [5, 5.41) is 20.7. The molecule has 1 saturated carbocycles. The lowest BCUT2D eigenvalue weighted by molar-refractivity contribution is -0.132. The van der Waals surface area contributed by atoms with Crippen molar-refractivity contribution in [1.82, 2.24) is 0 Å². The number of hydrogen-bond acceptors (Lipinski definition) is 5. The van der Waals surface area contributed by atoms with Gasteiger partial charge in [-0.1, -0.05) is 41.5 Å². The number of carbonyl (C=O) groups is 1. The van der Waals surface area contributed by atoms with Gasteiger partial charge < -0.3 is 19.7 Å². The molecule has 0 radical (unpaired) electrons. The molecule has 0 spiro atoms. The molecule has 0 bridgehead atoms. The second kappa shape index (κ2) is 7.77. The minimum absolute atomic E-state index is 0.225. The third kappa shape index (κ3) is 5.09. The number of rotatable bonds is 4. The Hall–Kier alpha value is -1.59. The molecule has 1 aromatic carbocycles. The van der Waals surface area contributed by atoms with Crippen LogP contribution in [0.4, 0.5) is 0 Å². The highest BCUT2D eigenvalue weighted by Gasteiger charge is 2.44. The summed E-state index contributed by atoms with van der Waals surface area (Å²) in [4.78, 5) is 12.0. The lowest BCUT2D eigenvalue weighted by Gasteiger charge is -2.30. The van der Waals surface area contributed by atoms with Gasteiger partial charge in [0.1, 0.15) is 17.1 Å². The van der Waals surface area contributed by atoms with E-state index >= 15 is 0 Å². The standard InChI is InChI=1S/C26H40O5/c1-16(27)30-22-19(23(2,3)4)13-20-18(21(22)24(5,6)7)15-25(8,31-20)11-12-26(29)10-9-17(28)14-26/h13,17,28-29H,9-12,14-15H2,1-8H3. The van der Waals surface area contributed by atoms with Gasteiger partial charge in [-0.2, -0.15) is 0 Å². The van der Waals surface area contributed by atoms with E-state index in [1.165, 1.54) is 6.92 Å². The monoisotopic (exact) mass is 432 g/mol. The number of esters is 1. The first-order valence-electron chi connectivity index (χ1n) is 11.5. The maximum absolute atomic E-state index is 12.0. The van der Waals surface area contributed by atoms with Crippen LogP contribution >= 0.6 is 0 Å². The molecular formula is C26H40O5. The molecule has 1 aromatic rings. The van der Waals surface area contributed by atoms with Crippen molar-refractivity contribution in [3.05, 3.63) is 22.8 Å². The first kappa shape index (κ1) is 24.1. The second-order valence-electron chi connectivity index (χ2n) is 12.0. The highest BCUT2D eigenvalue weighted by atomic mass is 16.5. The van der Waals surface area contributed by atoms with Crippen LogP contribution in [0.2, 0.25) is 0 Å². The smallest absolute Gasteiger partial charge is 0.308 e. The van der Waals surface area contributed by atoms with Crippen LogP contribution < -0.4 is 9.47 Å². The second-order valence-corrected chi connectivity index (χ2v) is 12.0. The maximum atomic E-state index is 12.0. The van der Waals surface area contributed by atoms with Crippen molar-refractivity contribution in [3.63, 3.8) is 0 Å². The summed E-state index contributed by atoms with van der Waals surface area (Å²) in [5.74, 6) is 1.20. The zero-order valence-electron chi connectivity index (χ0n) is 20.5. The Labute approximate surface area is 187 Å². The van der Waals surface area contributed by atoms with Gasteiger partial charge in [-0.3, -0.25) is 4.79 Å². The number of fused-ring (bicyclic) bond motifs is 1. The molecule has 0 aromatic heterocycles. The van der Waals surface area contributed by atoms with E-state index in [0.717, 1.165) is 22.4 Å². The molecule has 174 valence electrons. The Bertz CT molecular complexity index is 860. The van der Waals surface area contributed by atoms with Gasteiger partial charge in [-0.05, 0) is 49.5 Å². The third-order valence-electron chi connectivity index (χ3n) is 6.73. The Morgan fingerprint density at radius 2 is 1.84 bits per heavy atom. The minimum Gasteiger partial charge on any atom is -0.487 e. The fourth-order valence-electron chi connectivity index (χ4n) is 5.16. The largest absolute Gasteiger partial charge is 0.487 e. The normalized spacial score (nSPS) is 28.4. The Morgan fingerprint density at radius 1 is 1.19 bits per heavy atom. The van der Waals surface area contributed by atoms with Gasteiger partial charge in [0, 0.05) is 36.5 Å². The number of hydrogen-bond donors (Lipinski definition) is 2. The van der Waals surface area contributed by atoms with E-state index in [1.807, 2.05) is 6.07 Å². The van der Waals surface area contributed by atoms with Crippen molar-refractivity contribution < 1.29 is 24.5 Å². The first-order valence-corrected chi connectivity index (χ1v) is 11.5. The Balaban J connectivity index is 2.01. The van der Waals surface area contributed by atoms with Gasteiger partial charge in [0.2, 0.25) is 0 Å². The maximum Gasteiger partial charge on any atom is 0.308 e. The third-order valence-corrected chi connectivity index (χ3v) is 6.73. The van der Waals surface area contributed by atoms with Gasteiger partial charge in [0.25, 0.3) is 0 Å². The van der Waals surface area contributed by atoms with E-state index in [-0.39, 0.29) is 16.8 Å².